The van der Waals surface area contributed by atoms with Crippen molar-refractivity contribution in [3.05, 3.63) is 33.1 Å². The average molecular weight is 473 g/mol. The Morgan fingerprint density at radius 3 is 2.10 bits per heavy atom. The summed E-state index contributed by atoms with van der Waals surface area (Å²) >= 11 is 0. The predicted molar refractivity (Wildman–Crippen MR) is 126 cm³/mol. The maximum atomic E-state index is 12.5. The van der Waals surface area contributed by atoms with Gasteiger partial charge in [-0.1, -0.05) is 41.5 Å². The topological polar surface area (TPSA) is 103 Å². The summed E-state index contributed by atoms with van der Waals surface area (Å²) in [5.74, 6) is 0. The largest absolute Gasteiger partial charge is 0.414 e. The van der Waals surface area contributed by atoms with E-state index in [4.69, 9.17) is 13.6 Å². The lowest BCUT2D eigenvalue weighted by Crippen LogP contribution is -2.50. The lowest BCUT2D eigenvalue weighted by molar-refractivity contribution is -0.0514. The second-order valence-corrected chi connectivity index (χ2v) is 21.1. The summed E-state index contributed by atoms with van der Waals surface area (Å²) in [4.78, 5) is 26.3. The van der Waals surface area contributed by atoms with Crippen molar-refractivity contribution in [3.63, 3.8) is 0 Å². The number of nitrogens with zero attached hydrogens (tertiary/aromatic N) is 1. The summed E-state index contributed by atoms with van der Waals surface area (Å²) in [6.45, 7) is 21.5. The number of rotatable bonds is 6. The van der Waals surface area contributed by atoms with Gasteiger partial charge < -0.3 is 18.7 Å². The Kier molecular flexibility index (Phi) is 7.37. The first-order chi connectivity index (χ1) is 13.9. The van der Waals surface area contributed by atoms with Crippen LogP contribution in [0, 0.1) is 0 Å². The van der Waals surface area contributed by atoms with Crippen molar-refractivity contribution in [2.75, 3.05) is 6.61 Å². The van der Waals surface area contributed by atoms with E-state index in [1.807, 2.05) is 0 Å². The number of aliphatic hydroxyl groups excluding tert-OH is 1. The number of aromatic amines is 1. The summed E-state index contributed by atoms with van der Waals surface area (Å²) < 4.78 is 20.2. The summed E-state index contributed by atoms with van der Waals surface area (Å²) in [6.07, 6.45) is -1.84. The number of aromatic nitrogens is 2. The van der Waals surface area contributed by atoms with Crippen LogP contribution in [0.1, 0.15) is 47.8 Å². The van der Waals surface area contributed by atoms with Crippen LogP contribution in [0.15, 0.2) is 21.9 Å². The Hall–Kier alpha value is -1.05. The minimum atomic E-state index is -2.29. The fourth-order valence-corrected chi connectivity index (χ4v) is 5.16. The first-order valence-corrected chi connectivity index (χ1v) is 16.7. The van der Waals surface area contributed by atoms with E-state index < -0.39 is 52.4 Å². The molecule has 0 aromatic carbocycles. The molecule has 0 amide bonds. The molecule has 0 saturated carbocycles. The van der Waals surface area contributed by atoms with Crippen LogP contribution in [0.4, 0.5) is 0 Å². The van der Waals surface area contributed by atoms with E-state index in [2.05, 4.69) is 72.7 Å². The second-order valence-electron chi connectivity index (χ2n) is 11.5. The minimum absolute atomic E-state index is 0.0167. The number of H-pyrrole nitrogens is 1. The highest BCUT2D eigenvalue weighted by Crippen LogP contribution is 2.42. The monoisotopic (exact) mass is 472 g/mol. The molecule has 2 N–H and O–H groups in total. The molecule has 2 heterocycles. The Morgan fingerprint density at radius 2 is 1.61 bits per heavy atom. The molecule has 4 atom stereocenters. The molecule has 1 aromatic rings. The van der Waals surface area contributed by atoms with Crippen molar-refractivity contribution in [2.45, 2.75) is 102 Å². The Balaban J connectivity index is 2.37. The molecule has 1 aliphatic heterocycles. The van der Waals surface area contributed by atoms with Gasteiger partial charge in [-0.05, 0) is 36.3 Å². The molecule has 31 heavy (non-hydrogen) atoms. The molecule has 0 aliphatic carbocycles. The van der Waals surface area contributed by atoms with Crippen LogP contribution in [0.2, 0.25) is 36.3 Å². The lowest BCUT2D eigenvalue weighted by Gasteiger charge is -2.40. The third-order valence-corrected chi connectivity index (χ3v) is 16.1. The highest BCUT2D eigenvalue weighted by molar-refractivity contribution is 6.74. The van der Waals surface area contributed by atoms with E-state index in [0.717, 1.165) is 0 Å². The van der Waals surface area contributed by atoms with E-state index >= 15 is 0 Å². The van der Waals surface area contributed by atoms with Crippen LogP contribution in [0.25, 0.3) is 0 Å². The van der Waals surface area contributed by atoms with Crippen molar-refractivity contribution in [1.29, 1.82) is 0 Å². The van der Waals surface area contributed by atoms with E-state index in [-0.39, 0.29) is 16.7 Å². The van der Waals surface area contributed by atoms with E-state index in [1.54, 1.807) is 0 Å². The van der Waals surface area contributed by atoms with Crippen molar-refractivity contribution in [1.82, 2.24) is 9.55 Å². The summed E-state index contributed by atoms with van der Waals surface area (Å²) in [6, 6.07) is 1.26. The smallest absolute Gasteiger partial charge is 0.330 e. The van der Waals surface area contributed by atoms with Crippen LogP contribution in [-0.4, -0.2) is 56.2 Å². The molecule has 1 aromatic heterocycles. The SMILES string of the molecule is CC(C)(C)[Si](C)(C)OC[C@H]1O[C@@H](n2ccc(=O)[nH]c2=O)C(O[Si](C)(C)C(C)(C)C)[C@@H]1O. The van der Waals surface area contributed by atoms with Gasteiger partial charge in [0.15, 0.2) is 22.9 Å². The van der Waals surface area contributed by atoms with Gasteiger partial charge in [0.25, 0.3) is 5.56 Å². The predicted octanol–water partition coefficient (Wildman–Crippen LogP) is 3.21. The third-order valence-electron chi connectivity index (χ3n) is 7.09. The number of hydrogen-bond donors (Lipinski definition) is 2. The zero-order chi connectivity index (χ0) is 24.0. The molecule has 0 bridgehead atoms. The van der Waals surface area contributed by atoms with Gasteiger partial charge in [0.05, 0.1) is 6.61 Å². The Labute approximate surface area is 187 Å². The van der Waals surface area contributed by atoms with Gasteiger partial charge in [0.1, 0.15) is 18.3 Å². The molecule has 8 nitrogen and oxygen atoms in total. The molecule has 1 saturated heterocycles. The molecule has 1 aliphatic rings. The first-order valence-electron chi connectivity index (χ1n) is 10.8. The molecule has 10 heteroatoms. The number of aliphatic hydroxyl groups is 1. The van der Waals surface area contributed by atoms with E-state index in [0.29, 0.717) is 0 Å². The zero-order valence-corrected chi connectivity index (χ0v) is 22.6. The van der Waals surface area contributed by atoms with Gasteiger partial charge >= 0.3 is 5.69 Å². The Bertz CT molecular complexity index is 881. The fraction of sp³-hybridized carbons (Fsp3) is 0.810. The molecular formula is C21H40N2O6Si2. The molecular weight excluding hydrogens is 432 g/mol. The second kappa shape index (κ2) is 8.71. The number of nitrogens with one attached hydrogen (secondary N) is 1. The van der Waals surface area contributed by atoms with E-state index in [9.17, 15) is 14.7 Å². The Morgan fingerprint density at radius 1 is 1.06 bits per heavy atom. The highest BCUT2D eigenvalue weighted by atomic mass is 28.4. The van der Waals surface area contributed by atoms with Gasteiger partial charge in [-0.15, -0.1) is 0 Å². The van der Waals surface area contributed by atoms with Gasteiger partial charge in [-0.3, -0.25) is 14.3 Å². The van der Waals surface area contributed by atoms with Crippen LogP contribution in [-0.2, 0) is 13.6 Å². The fourth-order valence-electron chi connectivity index (χ4n) is 2.86. The highest BCUT2D eigenvalue weighted by Gasteiger charge is 2.51. The van der Waals surface area contributed by atoms with Crippen LogP contribution in [0.3, 0.4) is 0 Å². The lowest BCUT2D eigenvalue weighted by atomic mass is 10.1. The summed E-state index contributed by atoms with van der Waals surface area (Å²) in [7, 11) is -4.35. The standard InChI is InChI=1S/C21H40N2O6Si2/c1-20(2,3)30(7,8)27-13-14-16(25)17(29-31(9,10)21(4,5)6)18(28-14)23-12-11-15(24)22-19(23)26/h11-12,14,16-18,25H,13H2,1-10H3,(H,22,24,26)/t14-,16-,17?,18-/m1/s1. The molecule has 0 spiro atoms. The molecule has 178 valence electrons. The minimum Gasteiger partial charge on any atom is -0.414 e. The first kappa shape index (κ1) is 26.2. The van der Waals surface area contributed by atoms with Crippen molar-refractivity contribution in [2.24, 2.45) is 0 Å². The van der Waals surface area contributed by atoms with E-state index in [1.165, 1.54) is 16.8 Å². The quantitative estimate of drug-likeness (QED) is 0.616. The van der Waals surface area contributed by atoms with Gasteiger partial charge in [0, 0.05) is 12.3 Å². The molecule has 0 radical (unpaired) electrons. The number of ether oxygens (including phenoxy) is 1. The molecule has 2 rings (SSSR count). The third kappa shape index (κ3) is 5.66. The van der Waals surface area contributed by atoms with Crippen molar-refractivity contribution in [3.8, 4) is 0 Å². The molecule has 1 unspecified atom stereocenters. The van der Waals surface area contributed by atoms with Gasteiger partial charge in [-0.2, -0.15) is 0 Å². The van der Waals surface area contributed by atoms with Crippen LogP contribution in [0.5, 0.6) is 0 Å². The maximum absolute atomic E-state index is 12.5. The van der Waals surface area contributed by atoms with Gasteiger partial charge in [-0.25, -0.2) is 4.79 Å². The summed E-state index contributed by atoms with van der Waals surface area (Å²) in [5.41, 5.74) is -1.08. The van der Waals surface area contributed by atoms with Crippen LogP contribution < -0.4 is 11.2 Å². The zero-order valence-electron chi connectivity index (χ0n) is 20.6. The molecule has 1 fully saturated rings. The van der Waals surface area contributed by atoms with Crippen molar-refractivity contribution < 1.29 is 18.7 Å². The number of hydrogen-bond acceptors (Lipinski definition) is 6. The normalized spacial score (nSPS) is 25.8. The van der Waals surface area contributed by atoms with Gasteiger partial charge in [0.2, 0.25) is 0 Å². The van der Waals surface area contributed by atoms with Crippen LogP contribution >= 0.6 is 0 Å². The van der Waals surface area contributed by atoms with Crippen molar-refractivity contribution >= 4 is 16.6 Å². The average Bonchev–Trinajstić information content (AvgIpc) is 2.87. The summed E-state index contributed by atoms with van der Waals surface area (Å²) in [5, 5.41) is 11.1. The maximum Gasteiger partial charge on any atom is 0.330 e.